The fourth-order valence-corrected chi connectivity index (χ4v) is 3.80. The zero-order chi connectivity index (χ0) is 19.6. The third-order valence-electron chi connectivity index (χ3n) is 4.28. The number of fused-ring (bicyclic) bond motifs is 1. The van der Waals surface area contributed by atoms with Crippen LogP contribution < -0.4 is 15.5 Å². The molecule has 148 valence electrons. The maximum Gasteiger partial charge on any atom is 0.407 e. The lowest BCUT2D eigenvalue weighted by molar-refractivity contribution is 0.0509. The Kier molecular flexibility index (Phi) is 5.81. The van der Waals surface area contributed by atoms with Gasteiger partial charge in [0.25, 0.3) is 0 Å². The number of nitrogens with zero attached hydrogens (tertiary/aromatic N) is 2. The summed E-state index contributed by atoms with van der Waals surface area (Å²) in [5.41, 5.74) is 2.18. The summed E-state index contributed by atoms with van der Waals surface area (Å²) in [6, 6.07) is 0.0164. The largest absolute Gasteiger partial charge is 0.444 e. The maximum atomic E-state index is 12.1. The molecule has 1 saturated heterocycles. The van der Waals surface area contributed by atoms with Gasteiger partial charge in [-0.05, 0) is 43.1 Å². The number of nitrogens with one attached hydrogen (secondary N) is 3. The Labute approximate surface area is 166 Å². The number of aliphatic hydroxyl groups is 1. The first-order valence-corrected chi connectivity index (χ1v) is 9.82. The lowest BCUT2D eigenvalue weighted by Gasteiger charge is -2.23. The third-order valence-corrected chi connectivity index (χ3v) is 4.86. The minimum atomic E-state index is -0.513. The number of alkyl carbamates (subject to hydrolysis) is 1. The van der Waals surface area contributed by atoms with E-state index in [2.05, 4.69) is 41.4 Å². The van der Waals surface area contributed by atoms with E-state index in [1.54, 1.807) is 6.20 Å². The summed E-state index contributed by atoms with van der Waals surface area (Å²) in [7, 11) is 0. The molecule has 27 heavy (non-hydrogen) atoms. The average Bonchev–Trinajstić information content (AvgIpc) is 3.18. The molecule has 0 radical (unpaired) electrons. The topological polar surface area (TPSA) is 103 Å². The number of pyridine rings is 1. The normalized spacial score (nSPS) is 17.4. The van der Waals surface area contributed by atoms with Gasteiger partial charge in [0.2, 0.25) is 0 Å². The molecule has 2 aromatic heterocycles. The predicted octanol–water partition coefficient (Wildman–Crippen LogP) is 2.83. The quantitative estimate of drug-likeness (QED) is 0.571. The van der Waals surface area contributed by atoms with Gasteiger partial charge >= 0.3 is 6.09 Å². The monoisotopic (exact) mass is 439 g/mol. The lowest BCUT2D eigenvalue weighted by atomic mass is 10.2. The molecule has 2 aromatic rings. The van der Waals surface area contributed by atoms with E-state index in [1.807, 2.05) is 27.0 Å². The molecule has 0 saturated carbocycles. The van der Waals surface area contributed by atoms with Crippen LogP contribution in [0.25, 0.3) is 11.0 Å². The standard InChI is InChI=1S/C18H26BrN5O3/c1-18(2,3)27-17(26)23-11-4-6-24(10-11)15-12(19)8-21-16-14(15)13(9-22-16)20-5-7-25/h8-9,11,20,25H,4-7,10H2,1-3H3,(H,21,22)(H,23,26)/t11-/m1/s1. The van der Waals surface area contributed by atoms with E-state index in [4.69, 9.17) is 9.84 Å². The van der Waals surface area contributed by atoms with Crippen molar-refractivity contribution in [3.05, 3.63) is 16.9 Å². The highest BCUT2D eigenvalue weighted by Crippen LogP contribution is 2.39. The van der Waals surface area contributed by atoms with Gasteiger partial charge in [-0.25, -0.2) is 9.78 Å². The number of carbonyl (C=O) groups excluding carboxylic acids is 1. The van der Waals surface area contributed by atoms with E-state index in [1.165, 1.54) is 0 Å². The summed E-state index contributed by atoms with van der Waals surface area (Å²) in [6.07, 6.45) is 4.08. The van der Waals surface area contributed by atoms with Gasteiger partial charge in [0, 0.05) is 32.0 Å². The first-order valence-electron chi connectivity index (χ1n) is 9.03. The van der Waals surface area contributed by atoms with Gasteiger partial charge in [-0.15, -0.1) is 0 Å². The number of hydrogen-bond donors (Lipinski definition) is 4. The molecule has 3 heterocycles. The Morgan fingerprint density at radius 2 is 2.30 bits per heavy atom. The van der Waals surface area contributed by atoms with Crippen molar-refractivity contribution in [1.29, 1.82) is 0 Å². The molecule has 0 bridgehead atoms. The summed E-state index contributed by atoms with van der Waals surface area (Å²) < 4.78 is 6.25. The van der Waals surface area contributed by atoms with E-state index in [-0.39, 0.29) is 18.7 Å². The average molecular weight is 440 g/mol. The molecule has 1 amide bonds. The Bertz CT molecular complexity index is 817. The fraction of sp³-hybridized carbons (Fsp3) is 0.556. The minimum Gasteiger partial charge on any atom is -0.444 e. The smallest absolute Gasteiger partial charge is 0.407 e. The van der Waals surface area contributed by atoms with Crippen molar-refractivity contribution in [2.45, 2.75) is 38.8 Å². The number of halogens is 1. The maximum absolute atomic E-state index is 12.1. The number of ether oxygens (including phenoxy) is 1. The number of aliphatic hydroxyl groups excluding tert-OH is 1. The fourth-order valence-electron chi connectivity index (χ4n) is 3.25. The van der Waals surface area contributed by atoms with Crippen LogP contribution in [0.5, 0.6) is 0 Å². The van der Waals surface area contributed by atoms with Gasteiger partial charge in [-0.2, -0.15) is 0 Å². The second-order valence-electron chi connectivity index (χ2n) is 7.61. The van der Waals surface area contributed by atoms with E-state index in [0.717, 1.165) is 39.8 Å². The van der Waals surface area contributed by atoms with Crippen molar-refractivity contribution in [2.75, 3.05) is 36.5 Å². The number of aromatic amines is 1. The summed E-state index contributed by atoms with van der Waals surface area (Å²) in [5, 5.41) is 16.3. The molecule has 9 heteroatoms. The SMILES string of the molecule is CC(C)(C)OC(=O)N[C@@H]1CCN(c2c(Br)cnc3[nH]cc(NCCO)c23)C1. The lowest BCUT2D eigenvalue weighted by Crippen LogP contribution is -2.40. The van der Waals surface area contributed by atoms with Crippen LogP contribution in [0.3, 0.4) is 0 Å². The summed E-state index contributed by atoms with van der Waals surface area (Å²) in [4.78, 5) is 21.9. The molecule has 1 fully saturated rings. The number of rotatable bonds is 5. The van der Waals surface area contributed by atoms with Crippen LogP contribution in [0.4, 0.5) is 16.2 Å². The first kappa shape index (κ1) is 19.8. The third kappa shape index (κ3) is 4.65. The van der Waals surface area contributed by atoms with Crippen molar-refractivity contribution < 1.29 is 14.6 Å². The van der Waals surface area contributed by atoms with Crippen molar-refractivity contribution in [3.8, 4) is 0 Å². The van der Waals surface area contributed by atoms with Crippen LogP contribution >= 0.6 is 15.9 Å². The number of carbonyl (C=O) groups is 1. The van der Waals surface area contributed by atoms with Gasteiger partial charge in [0.15, 0.2) is 0 Å². The highest BCUT2D eigenvalue weighted by Gasteiger charge is 2.29. The molecule has 1 aliphatic heterocycles. The van der Waals surface area contributed by atoms with E-state index in [9.17, 15) is 4.79 Å². The molecule has 1 atom stereocenters. The van der Waals surface area contributed by atoms with Gasteiger partial charge in [-0.1, -0.05) is 0 Å². The Morgan fingerprint density at radius 3 is 3.00 bits per heavy atom. The van der Waals surface area contributed by atoms with Crippen LogP contribution in [0.15, 0.2) is 16.9 Å². The van der Waals surface area contributed by atoms with Gasteiger partial charge in [0.05, 0.1) is 33.9 Å². The number of hydrogen-bond acceptors (Lipinski definition) is 6. The van der Waals surface area contributed by atoms with Crippen molar-refractivity contribution in [2.24, 2.45) is 0 Å². The highest BCUT2D eigenvalue weighted by molar-refractivity contribution is 9.10. The summed E-state index contributed by atoms with van der Waals surface area (Å²) in [6.45, 7) is 7.56. The van der Waals surface area contributed by atoms with Crippen LogP contribution in [0, 0.1) is 0 Å². The Balaban J connectivity index is 1.79. The number of H-pyrrole nitrogens is 1. The zero-order valence-electron chi connectivity index (χ0n) is 15.8. The molecule has 3 rings (SSSR count). The number of aromatic nitrogens is 2. The minimum absolute atomic E-state index is 0.0164. The number of anilines is 2. The Morgan fingerprint density at radius 1 is 1.52 bits per heavy atom. The molecule has 8 nitrogen and oxygen atoms in total. The summed E-state index contributed by atoms with van der Waals surface area (Å²) >= 11 is 3.62. The molecule has 0 unspecified atom stereocenters. The first-order chi connectivity index (χ1) is 12.8. The Hall–Kier alpha value is -2.00. The molecule has 0 aromatic carbocycles. The second-order valence-corrected chi connectivity index (χ2v) is 8.46. The predicted molar refractivity (Wildman–Crippen MR) is 109 cm³/mol. The molecule has 0 spiro atoms. The van der Waals surface area contributed by atoms with Gasteiger partial charge < -0.3 is 30.4 Å². The molecule has 4 N–H and O–H groups in total. The van der Waals surface area contributed by atoms with Gasteiger partial charge in [-0.3, -0.25) is 0 Å². The molecular weight excluding hydrogens is 414 g/mol. The highest BCUT2D eigenvalue weighted by atomic mass is 79.9. The van der Waals surface area contributed by atoms with E-state index < -0.39 is 5.60 Å². The number of amides is 1. The van der Waals surface area contributed by atoms with Crippen LogP contribution in [-0.2, 0) is 4.74 Å². The van der Waals surface area contributed by atoms with Crippen LogP contribution in [0.2, 0.25) is 0 Å². The molecular formula is C18H26BrN5O3. The zero-order valence-corrected chi connectivity index (χ0v) is 17.4. The van der Waals surface area contributed by atoms with Crippen LogP contribution in [0.1, 0.15) is 27.2 Å². The molecule has 1 aliphatic rings. The van der Waals surface area contributed by atoms with E-state index >= 15 is 0 Å². The van der Waals surface area contributed by atoms with Crippen molar-refractivity contribution in [1.82, 2.24) is 15.3 Å². The van der Waals surface area contributed by atoms with Crippen LogP contribution in [-0.4, -0.2) is 59.1 Å². The van der Waals surface area contributed by atoms with Crippen molar-refractivity contribution in [3.63, 3.8) is 0 Å². The van der Waals surface area contributed by atoms with Gasteiger partial charge in [0.1, 0.15) is 11.2 Å². The van der Waals surface area contributed by atoms with E-state index in [0.29, 0.717) is 13.1 Å². The summed E-state index contributed by atoms with van der Waals surface area (Å²) in [5.74, 6) is 0. The second kappa shape index (κ2) is 7.93. The molecule has 0 aliphatic carbocycles. The van der Waals surface area contributed by atoms with Crippen molar-refractivity contribution >= 4 is 44.4 Å².